The Balaban J connectivity index is 2.19. The molecule has 0 radical (unpaired) electrons. The fourth-order valence-electron chi connectivity index (χ4n) is 3.22. The standard InChI is InChI=1S/C14H15F2N3O4/c1-7-12-10(5-22-7)14(6-15,18-13(17)23-12)9-4-8(19(20)21)2-3-11(9)16/h2-4,7,10,12H,5-6H2,1H3,(H2,17,18)/t7-,10+,12-,14-/m1/s1. The van der Waals surface area contributed by atoms with E-state index in [1.54, 1.807) is 6.92 Å². The molecule has 0 aromatic heterocycles. The number of hydrogen-bond donors (Lipinski definition) is 1. The van der Waals surface area contributed by atoms with Crippen LogP contribution in [0.1, 0.15) is 12.5 Å². The Hall–Kier alpha value is -2.29. The highest BCUT2D eigenvalue weighted by Crippen LogP contribution is 2.46. The lowest BCUT2D eigenvalue weighted by Gasteiger charge is -2.39. The van der Waals surface area contributed by atoms with Crippen molar-refractivity contribution in [2.24, 2.45) is 16.6 Å². The average Bonchev–Trinajstić information content (AvgIpc) is 2.88. The SMILES string of the molecule is C[C@H]1OC[C@H]2[C@@H]1OC(N)=N[C@]2(CF)c1cc([N+](=O)[O-])ccc1F. The number of rotatable bonds is 3. The van der Waals surface area contributed by atoms with Crippen molar-refractivity contribution >= 4 is 11.7 Å². The molecule has 7 nitrogen and oxygen atoms in total. The van der Waals surface area contributed by atoms with Crippen LogP contribution < -0.4 is 5.73 Å². The minimum absolute atomic E-state index is 0.0919. The normalized spacial score (nSPS) is 32.8. The molecule has 2 N–H and O–H groups in total. The molecule has 124 valence electrons. The van der Waals surface area contributed by atoms with E-state index in [0.29, 0.717) is 0 Å². The number of nitrogens with two attached hydrogens (primary N) is 1. The Labute approximate surface area is 130 Å². The molecule has 0 amide bonds. The third-order valence-electron chi connectivity index (χ3n) is 4.41. The Morgan fingerprint density at radius 1 is 1.57 bits per heavy atom. The van der Waals surface area contributed by atoms with Crippen molar-refractivity contribution in [3.63, 3.8) is 0 Å². The van der Waals surface area contributed by atoms with E-state index in [1.165, 1.54) is 0 Å². The van der Waals surface area contributed by atoms with Crippen LogP contribution in [0, 0.1) is 21.8 Å². The van der Waals surface area contributed by atoms with Crippen LogP contribution in [0.4, 0.5) is 14.5 Å². The predicted octanol–water partition coefficient (Wildman–Crippen LogP) is 1.65. The molecular weight excluding hydrogens is 312 g/mol. The van der Waals surface area contributed by atoms with Gasteiger partial charge in [0.1, 0.15) is 24.1 Å². The third kappa shape index (κ3) is 2.31. The lowest BCUT2D eigenvalue weighted by molar-refractivity contribution is -0.385. The smallest absolute Gasteiger partial charge is 0.283 e. The topological polar surface area (TPSA) is 100.0 Å². The summed E-state index contributed by atoms with van der Waals surface area (Å²) in [5.74, 6) is -1.42. The maximum absolute atomic E-state index is 14.3. The molecule has 0 unspecified atom stereocenters. The summed E-state index contributed by atoms with van der Waals surface area (Å²) in [6.45, 7) is 0.747. The Kier molecular flexibility index (Phi) is 3.67. The number of nitro benzene ring substituents is 1. The number of nitro groups is 1. The van der Waals surface area contributed by atoms with E-state index >= 15 is 0 Å². The van der Waals surface area contributed by atoms with Crippen LogP contribution in [0.5, 0.6) is 0 Å². The number of halogens is 2. The second-order valence-corrected chi connectivity index (χ2v) is 5.66. The van der Waals surface area contributed by atoms with E-state index in [9.17, 15) is 18.9 Å². The summed E-state index contributed by atoms with van der Waals surface area (Å²) in [4.78, 5) is 14.3. The van der Waals surface area contributed by atoms with E-state index in [2.05, 4.69) is 4.99 Å². The molecule has 0 aliphatic carbocycles. The van der Waals surface area contributed by atoms with Gasteiger partial charge in [-0.2, -0.15) is 0 Å². The highest BCUT2D eigenvalue weighted by molar-refractivity contribution is 5.73. The molecular formula is C14H15F2N3O4. The Bertz CT molecular complexity index is 684. The number of fused-ring (bicyclic) bond motifs is 1. The van der Waals surface area contributed by atoms with Crippen LogP contribution in [0.15, 0.2) is 23.2 Å². The minimum atomic E-state index is -1.70. The number of alkyl halides is 1. The number of ether oxygens (including phenoxy) is 2. The molecule has 1 aromatic carbocycles. The Morgan fingerprint density at radius 2 is 2.30 bits per heavy atom. The van der Waals surface area contributed by atoms with Crippen LogP contribution in [-0.2, 0) is 15.0 Å². The second kappa shape index (κ2) is 5.41. The maximum Gasteiger partial charge on any atom is 0.283 e. The molecule has 1 aromatic rings. The summed E-state index contributed by atoms with van der Waals surface area (Å²) < 4.78 is 39.3. The number of nitrogens with zero attached hydrogens (tertiary/aromatic N) is 2. The van der Waals surface area contributed by atoms with Crippen molar-refractivity contribution in [2.75, 3.05) is 13.3 Å². The van der Waals surface area contributed by atoms with Gasteiger partial charge in [0.15, 0.2) is 0 Å². The van der Waals surface area contributed by atoms with Crippen molar-refractivity contribution < 1.29 is 23.2 Å². The summed E-state index contributed by atoms with van der Waals surface area (Å²) in [5.41, 5.74) is 3.37. The number of amidine groups is 1. The Morgan fingerprint density at radius 3 is 2.96 bits per heavy atom. The summed E-state index contributed by atoms with van der Waals surface area (Å²) in [5, 5.41) is 11.0. The first-order valence-electron chi connectivity index (χ1n) is 7.03. The minimum Gasteiger partial charge on any atom is -0.459 e. The average molecular weight is 327 g/mol. The van der Waals surface area contributed by atoms with Crippen LogP contribution >= 0.6 is 0 Å². The van der Waals surface area contributed by atoms with Gasteiger partial charge in [0, 0.05) is 17.7 Å². The zero-order valence-corrected chi connectivity index (χ0v) is 12.2. The van der Waals surface area contributed by atoms with Gasteiger partial charge in [0.05, 0.1) is 23.6 Å². The molecule has 3 rings (SSSR count). The molecule has 2 aliphatic rings. The van der Waals surface area contributed by atoms with Crippen molar-refractivity contribution in [1.29, 1.82) is 0 Å². The number of hydrogen-bond acceptors (Lipinski definition) is 6. The van der Waals surface area contributed by atoms with E-state index in [-0.39, 0.29) is 30.0 Å². The van der Waals surface area contributed by atoms with Gasteiger partial charge in [-0.15, -0.1) is 0 Å². The van der Waals surface area contributed by atoms with Gasteiger partial charge in [0.25, 0.3) is 11.7 Å². The summed E-state index contributed by atoms with van der Waals surface area (Å²) in [7, 11) is 0. The van der Waals surface area contributed by atoms with Gasteiger partial charge < -0.3 is 15.2 Å². The first-order valence-corrected chi connectivity index (χ1v) is 7.03. The van der Waals surface area contributed by atoms with Crippen molar-refractivity contribution in [1.82, 2.24) is 0 Å². The molecule has 1 fully saturated rings. The van der Waals surface area contributed by atoms with E-state index in [4.69, 9.17) is 15.2 Å². The zero-order chi connectivity index (χ0) is 16.8. The molecule has 9 heteroatoms. The van der Waals surface area contributed by atoms with Crippen LogP contribution in [0.2, 0.25) is 0 Å². The van der Waals surface area contributed by atoms with Gasteiger partial charge in [0.2, 0.25) is 0 Å². The number of non-ortho nitro benzene ring substituents is 1. The molecule has 0 bridgehead atoms. The first kappa shape index (κ1) is 15.6. The van der Waals surface area contributed by atoms with Crippen molar-refractivity contribution in [3.8, 4) is 0 Å². The highest BCUT2D eigenvalue weighted by atomic mass is 19.1. The van der Waals surface area contributed by atoms with Gasteiger partial charge >= 0.3 is 0 Å². The second-order valence-electron chi connectivity index (χ2n) is 5.66. The number of benzene rings is 1. The maximum atomic E-state index is 14.3. The zero-order valence-electron chi connectivity index (χ0n) is 12.2. The fourth-order valence-corrected chi connectivity index (χ4v) is 3.22. The lowest BCUT2D eigenvalue weighted by Crippen LogP contribution is -2.51. The molecule has 2 aliphatic heterocycles. The molecule has 0 spiro atoms. The highest BCUT2D eigenvalue weighted by Gasteiger charge is 2.55. The summed E-state index contributed by atoms with van der Waals surface area (Å²) in [6, 6.07) is 2.66. The van der Waals surface area contributed by atoms with E-state index in [0.717, 1.165) is 18.2 Å². The first-order chi connectivity index (χ1) is 10.9. The largest absolute Gasteiger partial charge is 0.459 e. The summed E-state index contributed by atoms with van der Waals surface area (Å²) >= 11 is 0. The van der Waals surface area contributed by atoms with Crippen molar-refractivity contribution in [2.45, 2.75) is 24.7 Å². The molecule has 0 saturated carbocycles. The quantitative estimate of drug-likeness (QED) is 0.672. The fraction of sp³-hybridized carbons (Fsp3) is 0.500. The van der Waals surface area contributed by atoms with E-state index in [1.807, 2.05) is 0 Å². The van der Waals surface area contributed by atoms with Gasteiger partial charge in [-0.3, -0.25) is 10.1 Å². The van der Waals surface area contributed by atoms with Crippen LogP contribution in [0.25, 0.3) is 0 Å². The number of aliphatic imine (C=N–C) groups is 1. The van der Waals surface area contributed by atoms with Crippen LogP contribution in [-0.4, -0.2) is 36.4 Å². The lowest BCUT2D eigenvalue weighted by atomic mass is 9.75. The molecule has 2 heterocycles. The van der Waals surface area contributed by atoms with Crippen molar-refractivity contribution in [3.05, 3.63) is 39.7 Å². The molecule has 23 heavy (non-hydrogen) atoms. The van der Waals surface area contributed by atoms with Gasteiger partial charge in [-0.25, -0.2) is 13.8 Å². The van der Waals surface area contributed by atoms with Gasteiger partial charge in [-0.1, -0.05) is 0 Å². The van der Waals surface area contributed by atoms with Crippen LogP contribution in [0.3, 0.4) is 0 Å². The predicted molar refractivity (Wildman–Crippen MR) is 76.1 cm³/mol. The monoisotopic (exact) mass is 327 g/mol. The van der Waals surface area contributed by atoms with E-state index < -0.39 is 35.0 Å². The third-order valence-corrected chi connectivity index (χ3v) is 4.41. The molecule has 1 saturated heterocycles. The molecule has 4 atom stereocenters. The van der Waals surface area contributed by atoms with Gasteiger partial charge in [-0.05, 0) is 13.0 Å². The summed E-state index contributed by atoms with van der Waals surface area (Å²) in [6.07, 6.45) is -0.969.